The highest BCUT2D eigenvalue weighted by Gasteiger charge is 2.22. The van der Waals surface area contributed by atoms with E-state index in [1.807, 2.05) is 23.9 Å². The summed E-state index contributed by atoms with van der Waals surface area (Å²) in [6.45, 7) is 5.10. The highest BCUT2D eigenvalue weighted by Crippen LogP contribution is 2.31. The van der Waals surface area contributed by atoms with E-state index in [-0.39, 0.29) is 12.5 Å². The Hall–Kier alpha value is -1.40. The molecule has 7 heteroatoms. The molecule has 1 aromatic carbocycles. The zero-order valence-corrected chi connectivity index (χ0v) is 17.4. The Morgan fingerprint density at radius 3 is 2.54 bits per heavy atom. The number of thioether (sulfide) groups is 1. The Labute approximate surface area is 166 Å². The number of hydrogen-bond donors (Lipinski definition) is 1. The number of nitrogens with zero attached hydrogens (tertiary/aromatic N) is 3. The maximum atomic E-state index is 11.8. The largest absolute Gasteiger partial charge is 0.356 e. The minimum atomic E-state index is 0.0222. The van der Waals surface area contributed by atoms with Gasteiger partial charge >= 0.3 is 0 Å². The lowest BCUT2D eigenvalue weighted by Crippen LogP contribution is -2.46. The quantitative estimate of drug-likeness (QED) is 0.591. The molecule has 0 bridgehead atoms. The standard InChI is InChI=1S/C19H29ClN4OS/c1-4-11-21-19(22-14-18(25)23(2)3)24-12-9-17(10-13-24)26-16-7-5-15(20)6-8-16/h5-8,17H,4,9-14H2,1-3H3,(H,21,22). The van der Waals surface area contributed by atoms with E-state index in [0.29, 0.717) is 5.25 Å². The number of aliphatic imine (C=N–C) groups is 1. The van der Waals surface area contributed by atoms with Crippen molar-refractivity contribution < 1.29 is 4.79 Å². The van der Waals surface area contributed by atoms with Gasteiger partial charge in [0.15, 0.2) is 5.96 Å². The summed E-state index contributed by atoms with van der Waals surface area (Å²) >= 11 is 7.88. The maximum absolute atomic E-state index is 11.8. The zero-order valence-electron chi connectivity index (χ0n) is 15.9. The molecule has 0 spiro atoms. The number of piperidine rings is 1. The van der Waals surface area contributed by atoms with Gasteiger partial charge in [0.25, 0.3) is 0 Å². The molecule has 1 heterocycles. The van der Waals surface area contributed by atoms with Gasteiger partial charge in [0.05, 0.1) is 0 Å². The van der Waals surface area contributed by atoms with E-state index in [9.17, 15) is 4.79 Å². The molecule has 0 aromatic heterocycles. The lowest BCUT2D eigenvalue weighted by molar-refractivity contribution is -0.127. The molecule has 1 fully saturated rings. The fourth-order valence-electron chi connectivity index (χ4n) is 2.68. The molecule has 1 aliphatic heterocycles. The van der Waals surface area contributed by atoms with Crippen molar-refractivity contribution in [3.63, 3.8) is 0 Å². The van der Waals surface area contributed by atoms with Gasteiger partial charge in [-0.3, -0.25) is 4.79 Å². The number of likely N-dealkylation sites (N-methyl/N-ethyl adjacent to an activating group) is 1. The first-order valence-corrected chi connectivity index (χ1v) is 10.4. The van der Waals surface area contributed by atoms with Crippen molar-refractivity contribution in [3.05, 3.63) is 29.3 Å². The maximum Gasteiger partial charge on any atom is 0.243 e. The lowest BCUT2D eigenvalue weighted by Gasteiger charge is -2.34. The van der Waals surface area contributed by atoms with E-state index in [2.05, 4.69) is 34.3 Å². The van der Waals surface area contributed by atoms with Crippen molar-refractivity contribution in [1.29, 1.82) is 0 Å². The van der Waals surface area contributed by atoms with Crippen LogP contribution >= 0.6 is 23.4 Å². The minimum absolute atomic E-state index is 0.0222. The molecule has 1 saturated heterocycles. The molecular formula is C19H29ClN4OS. The summed E-state index contributed by atoms with van der Waals surface area (Å²) in [6, 6.07) is 8.06. The van der Waals surface area contributed by atoms with Crippen LogP contribution in [0.4, 0.5) is 0 Å². The fourth-order valence-corrected chi connectivity index (χ4v) is 3.93. The molecule has 1 amide bonds. The predicted octanol–water partition coefficient (Wildman–Crippen LogP) is 3.34. The Bertz CT molecular complexity index is 598. The number of rotatable bonds is 6. The lowest BCUT2D eigenvalue weighted by atomic mass is 10.1. The van der Waals surface area contributed by atoms with Gasteiger partial charge in [0, 0.05) is 48.9 Å². The van der Waals surface area contributed by atoms with Gasteiger partial charge in [0.2, 0.25) is 5.91 Å². The molecular weight excluding hydrogens is 368 g/mol. The van der Waals surface area contributed by atoms with Crippen LogP contribution in [-0.4, -0.2) is 67.2 Å². The van der Waals surface area contributed by atoms with E-state index >= 15 is 0 Å². The Kier molecular flexibility index (Phi) is 8.59. The van der Waals surface area contributed by atoms with Crippen LogP contribution in [0.5, 0.6) is 0 Å². The van der Waals surface area contributed by atoms with Gasteiger partial charge < -0.3 is 15.1 Å². The number of carbonyl (C=O) groups excluding carboxylic acids is 1. The number of amides is 1. The van der Waals surface area contributed by atoms with E-state index in [0.717, 1.165) is 49.9 Å². The summed E-state index contributed by atoms with van der Waals surface area (Å²) in [7, 11) is 3.52. The molecule has 2 rings (SSSR count). The topological polar surface area (TPSA) is 47.9 Å². The summed E-state index contributed by atoms with van der Waals surface area (Å²) in [5.41, 5.74) is 0. The molecule has 0 atom stereocenters. The van der Waals surface area contributed by atoms with Crippen molar-refractivity contribution >= 4 is 35.2 Å². The third kappa shape index (κ3) is 6.72. The summed E-state index contributed by atoms with van der Waals surface area (Å²) in [5.74, 6) is 0.881. The predicted molar refractivity (Wildman–Crippen MR) is 111 cm³/mol. The van der Waals surface area contributed by atoms with Crippen molar-refractivity contribution in [2.75, 3.05) is 40.3 Å². The number of carbonyl (C=O) groups is 1. The zero-order chi connectivity index (χ0) is 18.9. The summed E-state index contributed by atoms with van der Waals surface area (Å²) < 4.78 is 0. The number of halogens is 1. The average molecular weight is 397 g/mol. The van der Waals surface area contributed by atoms with Crippen LogP contribution < -0.4 is 5.32 Å². The molecule has 0 aliphatic carbocycles. The normalized spacial score (nSPS) is 15.8. The van der Waals surface area contributed by atoms with Crippen molar-refractivity contribution in [3.8, 4) is 0 Å². The fraction of sp³-hybridized carbons (Fsp3) is 0.579. The molecule has 5 nitrogen and oxygen atoms in total. The van der Waals surface area contributed by atoms with Crippen LogP contribution in [0.25, 0.3) is 0 Å². The van der Waals surface area contributed by atoms with Gasteiger partial charge in [-0.05, 0) is 43.5 Å². The number of nitrogens with one attached hydrogen (secondary N) is 1. The smallest absolute Gasteiger partial charge is 0.243 e. The molecule has 0 unspecified atom stereocenters. The van der Waals surface area contributed by atoms with E-state index in [4.69, 9.17) is 11.6 Å². The second-order valence-corrected chi connectivity index (χ2v) is 8.42. The van der Waals surface area contributed by atoms with Crippen LogP contribution in [-0.2, 0) is 4.79 Å². The third-order valence-electron chi connectivity index (χ3n) is 4.25. The van der Waals surface area contributed by atoms with Crippen LogP contribution in [0.15, 0.2) is 34.2 Å². The van der Waals surface area contributed by atoms with E-state index < -0.39 is 0 Å². The van der Waals surface area contributed by atoms with Gasteiger partial charge in [0.1, 0.15) is 6.54 Å². The highest BCUT2D eigenvalue weighted by molar-refractivity contribution is 8.00. The number of guanidine groups is 1. The first kappa shape index (κ1) is 20.9. The summed E-state index contributed by atoms with van der Waals surface area (Å²) in [4.78, 5) is 21.5. The Balaban J connectivity index is 1.89. The second-order valence-electron chi connectivity index (χ2n) is 6.61. The first-order chi connectivity index (χ1) is 12.5. The summed E-state index contributed by atoms with van der Waals surface area (Å²) in [5, 5.41) is 4.77. The van der Waals surface area contributed by atoms with Gasteiger partial charge in [-0.15, -0.1) is 11.8 Å². The number of likely N-dealkylation sites (tertiary alicyclic amines) is 1. The molecule has 0 radical (unpaired) electrons. The van der Waals surface area contributed by atoms with Gasteiger partial charge in [-0.2, -0.15) is 0 Å². The van der Waals surface area contributed by atoms with Crippen LogP contribution in [0.3, 0.4) is 0 Å². The number of benzene rings is 1. The van der Waals surface area contributed by atoms with E-state index in [1.165, 1.54) is 4.90 Å². The van der Waals surface area contributed by atoms with Crippen molar-refractivity contribution in [2.24, 2.45) is 4.99 Å². The molecule has 1 N–H and O–H groups in total. The molecule has 26 heavy (non-hydrogen) atoms. The van der Waals surface area contributed by atoms with Crippen LogP contribution in [0.1, 0.15) is 26.2 Å². The minimum Gasteiger partial charge on any atom is -0.356 e. The second kappa shape index (κ2) is 10.7. The first-order valence-electron chi connectivity index (χ1n) is 9.15. The summed E-state index contributed by atoms with van der Waals surface area (Å²) in [6.07, 6.45) is 3.23. The van der Waals surface area contributed by atoms with Crippen molar-refractivity contribution in [2.45, 2.75) is 36.3 Å². The molecule has 144 valence electrons. The molecule has 0 saturated carbocycles. The molecule has 1 aromatic rings. The highest BCUT2D eigenvalue weighted by atomic mass is 35.5. The SMILES string of the molecule is CCCNC(=NCC(=O)N(C)C)N1CCC(Sc2ccc(Cl)cc2)CC1. The monoisotopic (exact) mass is 396 g/mol. The Morgan fingerprint density at radius 1 is 1.31 bits per heavy atom. The van der Waals surface area contributed by atoms with Crippen LogP contribution in [0.2, 0.25) is 5.02 Å². The average Bonchev–Trinajstić information content (AvgIpc) is 2.64. The van der Waals surface area contributed by atoms with Gasteiger partial charge in [-0.1, -0.05) is 18.5 Å². The molecule has 1 aliphatic rings. The Morgan fingerprint density at radius 2 is 1.96 bits per heavy atom. The van der Waals surface area contributed by atoms with Crippen LogP contribution in [0, 0.1) is 0 Å². The van der Waals surface area contributed by atoms with E-state index in [1.54, 1.807) is 19.0 Å². The van der Waals surface area contributed by atoms with Gasteiger partial charge in [-0.25, -0.2) is 4.99 Å². The van der Waals surface area contributed by atoms with Crippen molar-refractivity contribution in [1.82, 2.24) is 15.1 Å². The third-order valence-corrected chi connectivity index (χ3v) is 5.85. The number of hydrogen-bond acceptors (Lipinski definition) is 3.